The molecule has 2 heterocycles. The van der Waals surface area contributed by atoms with E-state index in [1.165, 1.54) is 0 Å². The van der Waals surface area contributed by atoms with Gasteiger partial charge in [0.25, 0.3) is 0 Å². The van der Waals surface area contributed by atoms with E-state index in [1.807, 2.05) is 34.2 Å². The fourth-order valence-corrected chi connectivity index (χ4v) is 3.65. The summed E-state index contributed by atoms with van der Waals surface area (Å²) in [7, 11) is 0. The number of aromatic nitrogens is 1. The second kappa shape index (κ2) is 8.21. The number of nitrogens with zero attached hydrogens (tertiary/aromatic N) is 1. The molecule has 0 fully saturated rings. The van der Waals surface area contributed by atoms with E-state index in [4.69, 9.17) is 16.7 Å². The van der Waals surface area contributed by atoms with Crippen LogP contribution in [0.25, 0.3) is 10.6 Å². The zero-order chi connectivity index (χ0) is 18.5. The van der Waals surface area contributed by atoms with Crippen LogP contribution in [-0.4, -0.2) is 21.6 Å². The number of hydrogen-bond acceptors (Lipinski definition) is 3. The highest BCUT2D eigenvalue weighted by Crippen LogP contribution is 2.28. The van der Waals surface area contributed by atoms with Gasteiger partial charge in [-0.3, -0.25) is 9.59 Å². The maximum Gasteiger partial charge on any atom is 0.303 e. The fourth-order valence-electron chi connectivity index (χ4n) is 2.70. The van der Waals surface area contributed by atoms with Crippen molar-refractivity contribution >= 4 is 40.5 Å². The smallest absolute Gasteiger partial charge is 0.303 e. The summed E-state index contributed by atoms with van der Waals surface area (Å²) in [6, 6.07) is 14.7. The van der Waals surface area contributed by atoms with Crippen LogP contribution in [0.3, 0.4) is 0 Å². The Morgan fingerprint density at radius 3 is 2.69 bits per heavy atom. The van der Waals surface area contributed by atoms with Crippen molar-refractivity contribution in [3.05, 3.63) is 64.6 Å². The summed E-state index contributed by atoms with van der Waals surface area (Å²) in [6.07, 6.45) is 0.384. The fraction of sp³-hybridized carbons (Fsp3) is 0.158. The third-order valence-corrected chi connectivity index (χ3v) is 4.98. The number of aryl methyl sites for hydroxylation is 1. The first-order chi connectivity index (χ1) is 12.5. The van der Waals surface area contributed by atoms with Gasteiger partial charge in [-0.05, 0) is 48.2 Å². The average molecular weight is 389 g/mol. The van der Waals surface area contributed by atoms with Crippen molar-refractivity contribution in [3.63, 3.8) is 0 Å². The first-order valence-electron chi connectivity index (χ1n) is 8.02. The molecule has 0 unspecified atom stereocenters. The van der Waals surface area contributed by atoms with E-state index < -0.39 is 5.97 Å². The Hall–Kier alpha value is -2.57. The van der Waals surface area contributed by atoms with Crippen molar-refractivity contribution in [2.24, 2.45) is 0 Å². The Balaban J connectivity index is 1.82. The first-order valence-corrected chi connectivity index (χ1v) is 9.28. The molecule has 134 valence electrons. The van der Waals surface area contributed by atoms with E-state index in [9.17, 15) is 9.59 Å². The largest absolute Gasteiger partial charge is 0.481 e. The zero-order valence-electron chi connectivity index (χ0n) is 13.8. The highest BCUT2D eigenvalue weighted by molar-refractivity contribution is 7.13. The number of amides is 1. The maximum absolute atomic E-state index is 12.5. The molecule has 0 spiro atoms. The second-order valence-electron chi connectivity index (χ2n) is 5.73. The number of rotatable bonds is 7. The lowest BCUT2D eigenvalue weighted by molar-refractivity contribution is -0.137. The first kappa shape index (κ1) is 18.2. The highest BCUT2D eigenvalue weighted by Gasteiger charge is 2.15. The van der Waals surface area contributed by atoms with E-state index in [2.05, 4.69) is 5.32 Å². The summed E-state index contributed by atoms with van der Waals surface area (Å²) in [4.78, 5) is 24.5. The van der Waals surface area contributed by atoms with Crippen LogP contribution in [0.15, 0.2) is 53.9 Å². The van der Waals surface area contributed by atoms with Crippen molar-refractivity contribution in [1.29, 1.82) is 0 Å². The molecule has 3 aromatic rings. The summed E-state index contributed by atoms with van der Waals surface area (Å²) >= 11 is 7.52. The van der Waals surface area contributed by atoms with Crippen LogP contribution in [0.1, 0.15) is 12.1 Å². The predicted molar refractivity (Wildman–Crippen MR) is 104 cm³/mol. The summed E-state index contributed by atoms with van der Waals surface area (Å²) in [5.41, 5.74) is 2.35. The van der Waals surface area contributed by atoms with Gasteiger partial charge < -0.3 is 15.0 Å². The third kappa shape index (κ3) is 4.53. The number of aliphatic carboxylic acids is 1. The Morgan fingerprint density at radius 2 is 2.00 bits per heavy atom. The number of carbonyl (C=O) groups excluding carboxylic acids is 1. The lowest BCUT2D eigenvalue weighted by Gasteiger charge is -2.13. The number of anilines is 1. The third-order valence-electron chi connectivity index (χ3n) is 3.85. The Kier molecular flexibility index (Phi) is 5.75. The molecule has 3 rings (SSSR count). The number of thiophene rings is 1. The zero-order valence-corrected chi connectivity index (χ0v) is 15.4. The van der Waals surface area contributed by atoms with Crippen molar-refractivity contribution in [3.8, 4) is 10.6 Å². The van der Waals surface area contributed by atoms with Crippen LogP contribution in [0, 0.1) is 0 Å². The van der Waals surface area contributed by atoms with Gasteiger partial charge in [0.1, 0.15) is 6.54 Å². The molecule has 0 saturated carbocycles. The van der Waals surface area contributed by atoms with Gasteiger partial charge in [0, 0.05) is 16.4 Å². The summed E-state index contributed by atoms with van der Waals surface area (Å²) in [6.45, 7) is 0.0989. The number of hydrogen-bond donors (Lipinski definition) is 2. The van der Waals surface area contributed by atoms with Crippen molar-refractivity contribution in [1.82, 2.24) is 4.57 Å². The molecule has 7 heteroatoms. The molecule has 26 heavy (non-hydrogen) atoms. The van der Waals surface area contributed by atoms with Gasteiger partial charge in [-0.1, -0.05) is 23.7 Å². The van der Waals surface area contributed by atoms with E-state index >= 15 is 0 Å². The quantitative estimate of drug-likeness (QED) is 0.624. The molecule has 5 nitrogen and oxygen atoms in total. The Bertz CT molecular complexity index is 919. The normalized spacial score (nSPS) is 10.7. The SMILES string of the molecule is O=C(O)CCc1ccc(-c2cccs2)n1CC(=O)Nc1cccc(Cl)c1. The molecule has 0 aliphatic carbocycles. The molecule has 0 aliphatic rings. The Labute approximate surface area is 159 Å². The number of carboxylic acids is 1. The van der Waals surface area contributed by atoms with Crippen LogP contribution < -0.4 is 5.32 Å². The number of carbonyl (C=O) groups is 2. The highest BCUT2D eigenvalue weighted by atomic mass is 35.5. The average Bonchev–Trinajstić information content (AvgIpc) is 3.22. The van der Waals surface area contributed by atoms with Gasteiger partial charge in [0.05, 0.1) is 17.0 Å². The number of benzene rings is 1. The molecule has 0 aliphatic heterocycles. The van der Waals surface area contributed by atoms with Crippen molar-refractivity contribution in [2.45, 2.75) is 19.4 Å². The van der Waals surface area contributed by atoms with E-state index in [-0.39, 0.29) is 18.9 Å². The monoisotopic (exact) mass is 388 g/mol. The van der Waals surface area contributed by atoms with Crippen molar-refractivity contribution in [2.75, 3.05) is 5.32 Å². The summed E-state index contributed by atoms with van der Waals surface area (Å²) in [5.74, 6) is -1.06. The molecule has 2 aromatic heterocycles. The van der Waals surface area contributed by atoms with Crippen molar-refractivity contribution < 1.29 is 14.7 Å². The molecular formula is C19H17ClN2O3S. The summed E-state index contributed by atoms with van der Waals surface area (Å²) in [5, 5.41) is 14.3. The van der Waals surface area contributed by atoms with Crippen LogP contribution in [-0.2, 0) is 22.6 Å². The van der Waals surface area contributed by atoms with E-state index in [0.717, 1.165) is 16.3 Å². The molecule has 1 aromatic carbocycles. The topological polar surface area (TPSA) is 71.3 Å². The summed E-state index contributed by atoms with van der Waals surface area (Å²) < 4.78 is 1.87. The predicted octanol–water partition coefficient (Wildman–Crippen LogP) is 4.53. The van der Waals surface area contributed by atoms with Gasteiger partial charge in [-0.15, -0.1) is 11.3 Å². The number of halogens is 1. The molecule has 2 N–H and O–H groups in total. The minimum atomic E-state index is -0.862. The van der Waals surface area contributed by atoms with E-state index in [1.54, 1.807) is 35.6 Å². The standard InChI is InChI=1S/C19H17ClN2O3S/c20-13-3-1-4-14(11-13)21-18(23)12-22-15(7-9-19(24)25)6-8-16(22)17-5-2-10-26-17/h1-6,8,10-11H,7,9,12H2,(H,21,23)(H,24,25). The lowest BCUT2D eigenvalue weighted by atomic mass is 10.2. The maximum atomic E-state index is 12.5. The van der Waals surface area contributed by atoms with Crippen LogP contribution >= 0.6 is 22.9 Å². The van der Waals surface area contributed by atoms with Crippen LogP contribution in [0.5, 0.6) is 0 Å². The number of carboxylic acid groups (broad SMARTS) is 1. The molecule has 0 radical (unpaired) electrons. The van der Waals surface area contributed by atoms with Crippen LogP contribution in [0.2, 0.25) is 5.02 Å². The second-order valence-corrected chi connectivity index (χ2v) is 7.11. The van der Waals surface area contributed by atoms with Gasteiger partial charge in [-0.25, -0.2) is 0 Å². The Morgan fingerprint density at radius 1 is 1.15 bits per heavy atom. The minimum absolute atomic E-state index is 0.0177. The lowest BCUT2D eigenvalue weighted by Crippen LogP contribution is -2.20. The van der Waals surface area contributed by atoms with Gasteiger partial charge in [-0.2, -0.15) is 0 Å². The van der Waals surface area contributed by atoms with Crippen LogP contribution in [0.4, 0.5) is 5.69 Å². The molecule has 1 amide bonds. The number of nitrogens with one attached hydrogen (secondary N) is 1. The van der Waals surface area contributed by atoms with Gasteiger partial charge in [0.2, 0.25) is 5.91 Å². The molecule has 0 saturated heterocycles. The van der Waals surface area contributed by atoms with Gasteiger partial charge in [0.15, 0.2) is 0 Å². The molecular weight excluding hydrogens is 372 g/mol. The minimum Gasteiger partial charge on any atom is -0.481 e. The molecule has 0 atom stereocenters. The van der Waals surface area contributed by atoms with Gasteiger partial charge >= 0.3 is 5.97 Å². The van der Waals surface area contributed by atoms with E-state index in [0.29, 0.717) is 17.1 Å². The molecule has 0 bridgehead atoms.